The lowest BCUT2D eigenvalue weighted by molar-refractivity contribution is -0.149. The summed E-state index contributed by atoms with van der Waals surface area (Å²) in [6.07, 6.45) is 0.568. The molecule has 1 unspecified atom stereocenters. The van der Waals surface area contributed by atoms with E-state index in [2.05, 4.69) is 6.07 Å². The van der Waals surface area contributed by atoms with Crippen molar-refractivity contribution in [3.05, 3.63) is 57.8 Å². The van der Waals surface area contributed by atoms with Crippen molar-refractivity contribution in [2.45, 2.75) is 25.7 Å². The Morgan fingerprint density at radius 2 is 2.19 bits per heavy atom. The van der Waals surface area contributed by atoms with E-state index in [1.807, 2.05) is 30.5 Å². The Balaban J connectivity index is 2.44. The van der Waals surface area contributed by atoms with Gasteiger partial charge in [0.2, 0.25) is 0 Å². The number of hydrogen-bond donors (Lipinski definition) is 0. The van der Waals surface area contributed by atoms with Crippen molar-refractivity contribution in [2.75, 3.05) is 6.61 Å². The minimum atomic E-state index is -0.784. The van der Waals surface area contributed by atoms with Gasteiger partial charge >= 0.3 is 5.97 Å². The number of esters is 1. The number of rotatable bonds is 5. The first-order chi connectivity index (χ1) is 10.1. The van der Waals surface area contributed by atoms with Crippen LogP contribution in [0.4, 0.5) is 0 Å². The summed E-state index contributed by atoms with van der Waals surface area (Å²) in [7, 11) is 0. The predicted octanol–water partition coefficient (Wildman–Crippen LogP) is 3.68. The molecule has 2 rings (SSSR count). The summed E-state index contributed by atoms with van der Waals surface area (Å²) in [5.41, 5.74) is 0.580. The van der Waals surface area contributed by atoms with Crippen molar-refractivity contribution in [3.8, 4) is 6.07 Å². The quantitative estimate of drug-likeness (QED) is 0.791. The molecule has 0 fully saturated rings. The van der Waals surface area contributed by atoms with Crippen LogP contribution >= 0.6 is 11.3 Å². The molecule has 1 aromatic heterocycles. The molecule has 108 valence electrons. The van der Waals surface area contributed by atoms with Crippen molar-refractivity contribution in [3.63, 3.8) is 0 Å². The summed E-state index contributed by atoms with van der Waals surface area (Å²) in [6, 6.07) is 13.3. The van der Waals surface area contributed by atoms with Crippen LogP contribution in [0.5, 0.6) is 0 Å². The molecule has 0 aliphatic carbocycles. The SMILES string of the molecule is CCOC(=O)C(C)(Cc1cccs1)c1cccc(C#N)c1. The standard InChI is InChI=1S/C17H17NO2S/c1-3-20-16(19)17(2,11-15-8-5-9-21-15)14-7-4-6-13(10-14)12-18/h4-10H,3,11H2,1-2H3. The maximum absolute atomic E-state index is 12.5. The largest absolute Gasteiger partial charge is 0.465 e. The van der Waals surface area contributed by atoms with E-state index < -0.39 is 5.41 Å². The van der Waals surface area contributed by atoms with Gasteiger partial charge in [0.1, 0.15) is 0 Å². The molecule has 0 radical (unpaired) electrons. The van der Waals surface area contributed by atoms with Crippen LogP contribution in [0.25, 0.3) is 0 Å². The van der Waals surface area contributed by atoms with Crippen molar-refractivity contribution < 1.29 is 9.53 Å². The third-order valence-electron chi connectivity index (χ3n) is 3.46. The highest BCUT2D eigenvalue weighted by Crippen LogP contribution is 2.32. The Hall–Kier alpha value is -2.12. The second kappa shape index (κ2) is 6.55. The molecule has 1 atom stereocenters. The second-order valence-electron chi connectivity index (χ2n) is 5.00. The molecular formula is C17H17NO2S. The van der Waals surface area contributed by atoms with Crippen LogP contribution in [0.1, 0.15) is 29.9 Å². The van der Waals surface area contributed by atoms with Gasteiger partial charge in [-0.2, -0.15) is 5.26 Å². The third-order valence-corrected chi connectivity index (χ3v) is 4.34. The number of carbonyl (C=O) groups excluding carboxylic acids is 1. The van der Waals surface area contributed by atoms with Crippen molar-refractivity contribution >= 4 is 17.3 Å². The third kappa shape index (κ3) is 3.32. The van der Waals surface area contributed by atoms with E-state index in [0.29, 0.717) is 18.6 Å². The summed E-state index contributed by atoms with van der Waals surface area (Å²) in [6.45, 7) is 4.02. The molecule has 0 amide bonds. The summed E-state index contributed by atoms with van der Waals surface area (Å²) in [5, 5.41) is 11.1. The highest BCUT2D eigenvalue weighted by molar-refractivity contribution is 7.09. The summed E-state index contributed by atoms with van der Waals surface area (Å²) in [4.78, 5) is 13.6. The molecule has 0 N–H and O–H groups in total. The van der Waals surface area contributed by atoms with Gasteiger partial charge in [-0.3, -0.25) is 4.79 Å². The number of carbonyl (C=O) groups is 1. The Morgan fingerprint density at radius 3 is 2.81 bits per heavy atom. The molecule has 3 nitrogen and oxygen atoms in total. The fraction of sp³-hybridized carbons (Fsp3) is 0.294. The Morgan fingerprint density at radius 1 is 1.38 bits per heavy atom. The molecule has 0 spiro atoms. The van der Waals surface area contributed by atoms with Gasteiger partial charge in [0.15, 0.2) is 0 Å². The molecule has 21 heavy (non-hydrogen) atoms. The van der Waals surface area contributed by atoms with Gasteiger partial charge in [-0.25, -0.2) is 0 Å². The van der Waals surface area contributed by atoms with Gasteiger partial charge < -0.3 is 4.74 Å². The highest BCUT2D eigenvalue weighted by Gasteiger charge is 2.37. The van der Waals surface area contributed by atoms with E-state index in [1.165, 1.54) is 0 Å². The highest BCUT2D eigenvalue weighted by atomic mass is 32.1. The van der Waals surface area contributed by atoms with E-state index in [9.17, 15) is 4.79 Å². The van der Waals surface area contributed by atoms with E-state index >= 15 is 0 Å². The summed E-state index contributed by atoms with van der Waals surface area (Å²) in [5.74, 6) is -0.256. The van der Waals surface area contributed by atoms with Crippen LogP contribution in [0.3, 0.4) is 0 Å². The van der Waals surface area contributed by atoms with Gasteiger partial charge in [0, 0.05) is 11.3 Å². The number of nitriles is 1. The first-order valence-electron chi connectivity index (χ1n) is 6.80. The zero-order chi connectivity index (χ0) is 15.3. The van der Waals surface area contributed by atoms with Crippen molar-refractivity contribution in [1.82, 2.24) is 0 Å². The van der Waals surface area contributed by atoms with Crippen LogP contribution in [-0.4, -0.2) is 12.6 Å². The number of nitrogens with zero attached hydrogens (tertiary/aromatic N) is 1. The molecule has 1 heterocycles. The Bertz CT molecular complexity index is 658. The number of hydrogen-bond acceptors (Lipinski definition) is 4. The van der Waals surface area contributed by atoms with Gasteiger partial charge in [0.05, 0.1) is 23.7 Å². The number of thiophene rings is 1. The topological polar surface area (TPSA) is 50.1 Å². The first kappa shape index (κ1) is 15.3. The van der Waals surface area contributed by atoms with Crippen LogP contribution in [-0.2, 0) is 21.4 Å². The van der Waals surface area contributed by atoms with Crippen molar-refractivity contribution in [2.24, 2.45) is 0 Å². The van der Waals surface area contributed by atoms with Gasteiger partial charge in [-0.15, -0.1) is 11.3 Å². The first-order valence-corrected chi connectivity index (χ1v) is 7.68. The van der Waals surface area contributed by atoms with Crippen LogP contribution < -0.4 is 0 Å². The molecule has 4 heteroatoms. The summed E-state index contributed by atoms with van der Waals surface area (Å²) >= 11 is 1.62. The zero-order valence-corrected chi connectivity index (χ0v) is 12.9. The van der Waals surface area contributed by atoms with Crippen molar-refractivity contribution in [1.29, 1.82) is 5.26 Å². The minimum Gasteiger partial charge on any atom is -0.465 e. The van der Waals surface area contributed by atoms with Crippen LogP contribution in [0.15, 0.2) is 41.8 Å². The Labute approximate surface area is 128 Å². The lowest BCUT2D eigenvalue weighted by Gasteiger charge is -2.27. The van der Waals surface area contributed by atoms with E-state index in [4.69, 9.17) is 10.00 Å². The zero-order valence-electron chi connectivity index (χ0n) is 12.1. The van der Waals surface area contributed by atoms with E-state index in [-0.39, 0.29) is 5.97 Å². The molecule has 0 aliphatic heterocycles. The lowest BCUT2D eigenvalue weighted by atomic mass is 9.78. The Kier molecular flexibility index (Phi) is 4.77. The van der Waals surface area contributed by atoms with Gasteiger partial charge in [-0.1, -0.05) is 18.2 Å². The molecule has 2 aromatic rings. The second-order valence-corrected chi connectivity index (χ2v) is 6.03. The molecule has 0 saturated heterocycles. The fourth-order valence-corrected chi connectivity index (χ4v) is 3.14. The van der Waals surface area contributed by atoms with Gasteiger partial charge in [-0.05, 0) is 43.0 Å². The normalized spacial score (nSPS) is 13.2. The average Bonchev–Trinajstić information content (AvgIpc) is 3.00. The minimum absolute atomic E-state index is 0.256. The molecule has 1 aromatic carbocycles. The predicted molar refractivity (Wildman–Crippen MR) is 83.2 cm³/mol. The fourth-order valence-electron chi connectivity index (χ4n) is 2.28. The molecular weight excluding hydrogens is 282 g/mol. The number of benzene rings is 1. The lowest BCUT2D eigenvalue weighted by Crippen LogP contribution is -2.36. The molecule has 0 aliphatic rings. The van der Waals surface area contributed by atoms with E-state index in [1.54, 1.807) is 36.5 Å². The van der Waals surface area contributed by atoms with Gasteiger partial charge in [0.25, 0.3) is 0 Å². The smallest absolute Gasteiger partial charge is 0.316 e. The van der Waals surface area contributed by atoms with Crippen LogP contribution in [0, 0.1) is 11.3 Å². The van der Waals surface area contributed by atoms with Crippen LogP contribution in [0.2, 0.25) is 0 Å². The maximum Gasteiger partial charge on any atom is 0.316 e. The average molecular weight is 299 g/mol. The monoisotopic (exact) mass is 299 g/mol. The summed E-state index contributed by atoms with van der Waals surface area (Å²) < 4.78 is 5.27. The number of ether oxygens (including phenoxy) is 1. The van der Waals surface area contributed by atoms with E-state index in [0.717, 1.165) is 10.4 Å². The maximum atomic E-state index is 12.5. The molecule has 0 bridgehead atoms. The molecule has 0 saturated carbocycles.